The van der Waals surface area contributed by atoms with Gasteiger partial charge in [0.1, 0.15) is 29.4 Å². The van der Waals surface area contributed by atoms with Crippen LogP contribution in [0.3, 0.4) is 0 Å². The Bertz CT molecular complexity index is 1440. The van der Waals surface area contributed by atoms with E-state index in [9.17, 15) is 18.4 Å². The number of anilines is 1. The van der Waals surface area contributed by atoms with E-state index in [2.05, 4.69) is 15.3 Å². The molecule has 0 spiro atoms. The number of hydrogen-bond donors (Lipinski definition) is 2. The van der Waals surface area contributed by atoms with E-state index < -0.39 is 24.2 Å². The average Bonchev–Trinajstić information content (AvgIpc) is 3.24. The molecule has 3 atom stereocenters. The highest BCUT2D eigenvalue weighted by molar-refractivity contribution is 5.89. The van der Waals surface area contributed by atoms with Crippen molar-refractivity contribution < 1.29 is 23.4 Å². The highest BCUT2D eigenvalue weighted by atomic mass is 19.3. The fourth-order valence-electron chi connectivity index (χ4n) is 5.29. The van der Waals surface area contributed by atoms with Gasteiger partial charge in [0.05, 0.1) is 17.6 Å². The number of amides is 1. The van der Waals surface area contributed by atoms with E-state index in [1.807, 2.05) is 6.92 Å². The molecule has 0 aliphatic carbocycles. The predicted molar refractivity (Wildman–Crippen MR) is 139 cm³/mol. The molecule has 0 saturated carbocycles. The third kappa shape index (κ3) is 4.76. The van der Waals surface area contributed by atoms with Crippen molar-refractivity contribution in [3.8, 4) is 0 Å². The second-order valence-electron chi connectivity index (χ2n) is 10.0. The summed E-state index contributed by atoms with van der Waals surface area (Å²) in [4.78, 5) is 36.4. The lowest BCUT2D eigenvalue weighted by Gasteiger charge is -2.30. The number of alkyl halides is 2. The summed E-state index contributed by atoms with van der Waals surface area (Å²) in [6.45, 7) is 5.91. The Morgan fingerprint density at radius 2 is 2.05 bits per heavy atom. The van der Waals surface area contributed by atoms with Crippen molar-refractivity contribution in [1.82, 2.24) is 19.4 Å². The first-order chi connectivity index (χ1) is 17.8. The van der Waals surface area contributed by atoms with Crippen LogP contribution in [-0.2, 0) is 28.1 Å². The van der Waals surface area contributed by atoms with E-state index >= 15 is 0 Å². The van der Waals surface area contributed by atoms with E-state index in [1.165, 1.54) is 29.7 Å². The van der Waals surface area contributed by atoms with E-state index in [0.29, 0.717) is 34.7 Å². The van der Waals surface area contributed by atoms with Crippen molar-refractivity contribution in [2.24, 2.45) is 7.05 Å². The van der Waals surface area contributed by atoms with E-state index in [4.69, 9.17) is 9.84 Å². The lowest BCUT2D eigenvalue weighted by atomic mass is 9.94. The van der Waals surface area contributed by atoms with Gasteiger partial charge in [-0.1, -0.05) is 18.2 Å². The lowest BCUT2D eigenvalue weighted by Crippen LogP contribution is -2.39. The van der Waals surface area contributed by atoms with Crippen molar-refractivity contribution in [3.63, 3.8) is 0 Å². The summed E-state index contributed by atoms with van der Waals surface area (Å²) < 4.78 is 35.7. The van der Waals surface area contributed by atoms with Crippen LogP contribution in [0.25, 0.3) is 10.9 Å². The van der Waals surface area contributed by atoms with Gasteiger partial charge in [-0.2, -0.15) is 8.78 Å². The SMILES string of the molecule is COC1(c2cc3c(N[C@H](C)c4cccc(C(F)(F)CO)c4)nc(C)nc3c(=O)n2C)C[C@@H](C)N(C(C)=O)C1. The Kier molecular flexibility index (Phi) is 7.28. The number of pyridine rings is 1. The second kappa shape index (κ2) is 10.0. The van der Waals surface area contributed by atoms with Gasteiger partial charge < -0.3 is 24.6 Å². The number of carbonyl (C=O) groups excluding carboxylic acids is 1. The summed E-state index contributed by atoms with van der Waals surface area (Å²) in [6, 6.07) is 7.06. The van der Waals surface area contributed by atoms with E-state index in [-0.39, 0.29) is 35.1 Å². The van der Waals surface area contributed by atoms with Crippen LogP contribution in [0, 0.1) is 6.92 Å². The molecule has 1 saturated heterocycles. The lowest BCUT2D eigenvalue weighted by molar-refractivity contribution is -0.130. The van der Waals surface area contributed by atoms with E-state index in [1.54, 1.807) is 45.0 Å². The summed E-state index contributed by atoms with van der Waals surface area (Å²) >= 11 is 0. The van der Waals surface area contributed by atoms with Crippen molar-refractivity contribution in [2.75, 3.05) is 25.6 Å². The zero-order valence-corrected chi connectivity index (χ0v) is 22.4. The van der Waals surface area contributed by atoms with Gasteiger partial charge in [-0.25, -0.2) is 9.97 Å². The number of nitrogens with zero attached hydrogens (tertiary/aromatic N) is 4. The number of benzene rings is 1. The number of fused-ring (bicyclic) bond motifs is 1. The third-order valence-electron chi connectivity index (χ3n) is 7.41. The minimum Gasteiger partial charge on any atom is -0.390 e. The number of aryl methyl sites for hydroxylation is 1. The van der Waals surface area contributed by atoms with Crippen molar-refractivity contribution in [1.29, 1.82) is 0 Å². The number of aliphatic hydroxyl groups is 1. The van der Waals surface area contributed by atoms with Gasteiger partial charge in [0, 0.05) is 45.1 Å². The average molecular weight is 530 g/mol. The highest BCUT2D eigenvalue weighted by Gasteiger charge is 2.46. The Labute approximate surface area is 219 Å². The minimum atomic E-state index is -3.37. The zero-order chi connectivity index (χ0) is 28.0. The number of aliphatic hydroxyl groups excluding tert-OH is 1. The molecule has 2 aromatic heterocycles. The Balaban J connectivity index is 1.82. The molecule has 0 bridgehead atoms. The molecule has 0 radical (unpaired) electrons. The number of rotatable bonds is 7. The van der Waals surface area contributed by atoms with Gasteiger partial charge >= 0.3 is 0 Å². The first kappa shape index (κ1) is 27.6. The minimum absolute atomic E-state index is 0.0774. The molecular weight excluding hydrogens is 496 g/mol. The van der Waals surface area contributed by atoms with Crippen LogP contribution in [0.2, 0.25) is 0 Å². The Hall–Kier alpha value is -3.44. The maximum Gasteiger partial charge on any atom is 0.295 e. The van der Waals surface area contributed by atoms with Crippen LogP contribution in [0.5, 0.6) is 0 Å². The normalized spacial score (nSPS) is 20.7. The van der Waals surface area contributed by atoms with Gasteiger partial charge in [-0.05, 0) is 38.5 Å². The molecule has 2 N–H and O–H groups in total. The fourth-order valence-corrected chi connectivity index (χ4v) is 5.29. The standard InChI is InChI=1S/C27H33F2N5O4/c1-15-12-26(38-6,13-34(15)18(4)36)22-11-21-23(25(37)33(22)5)31-17(3)32-24(21)30-16(2)19-8-7-9-20(10-19)27(28,29)14-35/h7-11,15-16,35H,12-14H2,1-6H3,(H,30,31,32)/t15-,16-,26?/m1/s1. The maximum atomic E-state index is 14.1. The van der Waals surface area contributed by atoms with Crippen LogP contribution in [0.1, 0.15) is 55.9 Å². The van der Waals surface area contributed by atoms with Crippen molar-refractivity contribution in [3.05, 3.63) is 63.3 Å². The summed E-state index contributed by atoms with van der Waals surface area (Å²) in [5, 5.41) is 12.8. The number of halogens is 2. The zero-order valence-electron chi connectivity index (χ0n) is 22.4. The summed E-state index contributed by atoms with van der Waals surface area (Å²) in [7, 11) is 3.21. The molecule has 1 amide bonds. The summed E-state index contributed by atoms with van der Waals surface area (Å²) in [5.74, 6) is -2.70. The van der Waals surface area contributed by atoms with Crippen molar-refractivity contribution in [2.45, 2.75) is 57.7 Å². The number of ether oxygens (including phenoxy) is 1. The summed E-state index contributed by atoms with van der Waals surface area (Å²) in [6.07, 6.45) is 0.500. The molecule has 1 aliphatic rings. The molecule has 3 aromatic rings. The number of hydrogen-bond acceptors (Lipinski definition) is 7. The van der Waals surface area contributed by atoms with Crippen LogP contribution in [0.15, 0.2) is 35.1 Å². The van der Waals surface area contributed by atoms with Crippen LogP contribution < -0.4 is 10.9 Å². The third-order valence-corrected chi connectivity index (χ3v) is 7.41. The number of nitrogens with one attached hydrogen (secondary N) is 1. The summed E-state index contributed by atoms with van der Waals surface area (Å²) in [5.41, 5.74) is -0.197. The monoisotopic (exact) mass is 529 g/mol. The van der Waals surface area contributed by atoms with Gasteiger partial charge in [0.2, 0.25) is 5.91 Å². The van der Waals surface area contributed by atoms with Gasteiger partial charge in [0.25, 0.3) is 11.5 Å². The van der Waals surface area contributed by atoms with Gasteiger partial charge in [-0.3, -0.25) is 9.59 Å². The van der Waals surface area contributed by atoms with E-state index in [0.717, 1.165) is 0 Å². The maximum absolute atomic E-state index is 14.1. The molecule has 3 heterocycles. The molecule has 4 rings (SSSR count). The molecule has 204 valence electrons. The highest BCUT2D eigenvalue weighted by Crippen LogP contribution is 2.40. The number of likely N-dealkylation sites (tertiary alicyclic amines) is 1. The quantitative estimate of drug-likeness (QED) is 0.483. The Morgan fingerprint density at radius 3 is 2.66 bits per heavy atom. The topological polar surface area (TPSA) is 110 Å². The number of carbonyl (C=O) groups is 1. The molecule has 38 heavy (non-hydrogen) atoms. The molecule has 1 aliphatic heterocycles. The molecule has 11 heteroatoms. The van der Waals surface area contributed by atoms with Crippen molar-refractivity contribution >= 4 is 22.6 Å². The molecule has 1 unspecified atom stereocenters. The Morgan fingerprint density at radius 1 is 1.34 bits per heavy atom. The number of aromatic nitrogens is 3. The fraction of sp³-hybridized carbons (Fsp3) is 0.481. The molecule has 9 nitrogen and oxygen atoms in total. The second-order valence-corrected chi connectivity index (χ2v) is 10.0. The first-order valence-corrected chi connectivity index (χ1v) is 12.4. The molecule has 1 fully saturated rings. The smallest absolute Gasteiger partial charge is 0.295 e. The van der Waals surface area contributed by atoms with Crippen LogP contribution in [-0.4, -0.2) is 56.8 Å². The van der Waals surface area contributed by atoms with Gasteiger partial charge in [-0.15, -0.1) is 0 Å². The largest absolute Gasteiger partial charge is 0.390 e. The van der Waals surface area contributed by atoms with Crippen LogP contribution >= 0.6 is 0 Å². The van der Waals surface area contributed by atoms with Gasteiger partial charge in [0.15, 0.2) is 0 Å². The molecule has 1 aromatic carbocycles. The predicted octanol–water partition coefficient (Wildman–Crippen LogP) is 3.38. The number of methoxy groups -OCH3 is 1. The molecular formula is C27H33F2N5O4. The first-order valence-electron chi connectivity index (χ1n) is 12.4. The van der Waals surface area contributed by atoms with Crippen LogP contribution in [0.4, 0.5) is 14.6 Å².